The van der Waals surface area contributed by atoms with Gasteiger partial charge in [-0.25, -0.2) is 0 Å². The fraction of sp³-hybridized carbons (Fsp3) is 1.00. The molecule has 22 heavy (non-hydrogen) atoms. The molecule has 10 atom stereocenters. The minimum Gasteiger partial charge on any atom is -0.394 e. The van der Waals surface area contributed by atoms with E-state index in [0.29, 0.717) is 0 Å². The fourth-order valence-corrected chi connectivity index (χ4v) is 2.94. The van der Waals surface area contributed by atoms with Crippen molar-refractivity contribution in [3.63, 3.8) is 0 Å². The standard InChI is InChI=1S/C12H20O10/c13-1-3-5(14)10(7(16)11(18)20-3)22-12-8(17)9-6(15)4(21-12)2-19-9/h3-18H,1-2H2/t3?,4?,5-,6+,7?,8?,9?,10?,11+,12+/m0/s1. The molecule has 3 saturated heterocycles. The maximum atomic E-state index is 10.1. The molecule has 0 aliphatic carbocycles. The lowest BCUT2D eigenvalue weighted by atomic mass is 9.98. The minimum atomic E-state index is -1.66. The Hall–Kier alpha value is -0.400. The molecule has 3 fully saturated rings. The van der Waals surface area contributed by atoms with Gasteiger partial charge in [0.1, 0.15) is 48.8 Å². The van der Waals surface area contributed by atoms with Crippen molar-refractivity contribution in [1.29, 1.82) is 0 Å². The number of aliphatic hydroxyl groups is 6. The zero-order valence-electron chi connectivity index (χ0n) is 11.5. The van der Waals surface area contributed by atoms with Gasteiger partial charge in [0.15, 0.2) is 12.6 Å². The summed E-state index contributed by atoms with van der Waals surface area (Å²) in [4.78, 5) is 0. The predicted molar refractivity (Wildman–Crippen MR) is 65.3 cm³/mol. The van der Waals surface area contributed by atoms with Crippen LogP contribution in [-0.2, 0) is 18.9 Å². The minimum absolute atomic E-state index is 0.0868. The van der Waals surface area contributed by atoms with Gasteiger partial charge in [-0.1, -0.05) is 0 Å². The number of rotatable bonds is 3. The van der Waals surface area contributed by atoms with Gasteiger partial charge < -0.3 is 49.6 Å². The molecule has 3 heterocycles. The molecular formula is C12H20O10. The van der Waals surface area contributed by atoms with E-state index in [1.165, 1.54) is 0 Å². The molecule has 6 unspecified atom stereocenters. The Labute approximate surface area is 125 Å². The Morgan fingerprint density at radius 2 is 1.64 bits per heavy atom. The largest absolute Gasteiger partial charge is 0.394 e. The van der Waals surface area contributed by atoms with Crippen LogP contribution in [0.1, 0.15) is 0 Å². The first-order valence-corrected chi connectivity index (χ1v) is 7.03. The molecule has 0 amide bonds. The second-order valence-electron chi connectivity index (χ2n) is 5.65. The molecule has 0 radical (unpaired) electrons. The van der Waals surface area contributed by atoms with Crippen molar-refractivity contribution in [1.82, 2.24) is 0 Å². The second-order valence-corrected chi connectivity index (χ2v) is 5.65. The van der Waals surface area contributed by atoms with Crippen molar-refractivity contribution in [3.8, 4) is 0 Å². The van der Waals surface area contributed by atoms with Crippen LogP contribution in [0.3, 0.4) is 0 Å². The van der Waals surface area contributed by atoms with Gasteiger partial charge in [0.25, 0.3) is 0 Å². The van der Waals surface area contributed by atoms with Gasteiger partial charge in [-0.2, -0.15) is 0 Å². The Kier molecular flexibility index (Phi) is 4.67. The summed E-state index contributed by atoms with van der Waals surface area (Å²) in [6.07, 6.45) is -12.4. The number of fused-ring (bicyclic) bond motifs is 2. The van der Waals surface area contributed by atoms with Crippen LogP contribution in [0.25, 0.3) is 0 Å². The molecule has 6 N–H and O–H groups in total. The zero-order chi connectivity index (χ0) is 16.0. The topological polar surface area (TPSA) is 158 Å². The molecule has 10 heteroatoms. The first kappa shape index (κ1) is 16.5. The Balaban J connectivity index is 1.71. The van der Waals surface area contributed by atoms with Crippen molar-refractivity contribution < 1.29 is 49.6 Å². The molecule has 2 bridgehead atoms. The Morgan fingerprint density at radius 3 is 2.32 bits per heavy atom. The van der Waals surface area contributed by atoms with Crippen LogP contribution in [-0.4, -0.2) is 105 Å². The summed E-state index contributed by atoms with van der Waals surface area (Å²) < 4.78 is 20.8. The van der Waals surface area contributed by atoms with Crippen LogP contribution < -0.4 is 0 Å². The molecule has 0 aromatic carbocycles. The maximum Gasteiger partial charge on any atom is 0.187 e. The lowest BCUT2D eigenvalue weighted by molar-refractivity contribution is -0.341. The van der Waals surface area contributed by atoms with E-state index in [0.717, 1.165) is 0 Å². The zero-order valence-corrected chi connectivity index (χ0v) is 11.5. The van der Waals surface area contributed by atoms with E-state index in [1.54, 1.807) is 0 Å². The third kappa shape index (κ3) is 2.65. The van der Waals surface area contributed by atoms with Crippen molar-refractivity contribution in [2.45, 2.75) is 61.4 Å². The molecule has 3 aliphatic heterocycles. The summed E-state index contributed by atoms with van der Waals surface area (Å²) in [7, 11) is 0. The summed E-state index contributed by atoms with van der Waals surface area (Å²) in [6, 6.07) is 0. The van der Waals surface area contributed by atoms with E-state index < -0.39 is 68.0 Å². The van der Waals surface area contributed by atoms with Crippen LogP contribution in [0.15, 0.2) is 0 Å². The highest BCUT2D eigenvalue weighted by Gasteiger charge is 2.53. The first-order valence-electron chi connectivity index (χ1n) is 7.03. The van der Waals surface area contributed by atoms with Gasteiger partial charge in [-0.15, -0.1) is 0 Å². The highest BCUT2D eigenvalue weighted by atomic mass is 16.7. The van der Waals surface area contributed by atoms with E-state index >= 15 is 0 Å². The molecule has 0 aromatic heterocycles. The molecule has 0 aromatic rings. The Morgan fingerprint density at radius 1 is 0.909 bits per heavy atom. The molecule has 0 spiro atoms. The van der Waals surface area contributed by atoms with Crippen LogP contribution in [0.4, 0.5) is 0 Å². The normalized spacial score (nSPS) is 55.4. The monoisotopic (exact) mass is 324 g/mol. The predicted octanol–water partition coefficient (Wildman–Crippen LogP) is -4.35. The molecule has 0 saturated carbocycles. The molecular weight excluding hydrogens is 304 g/mol. The number of ether oxygens (including phenoxy) is 4. The van der Waals surface area contributed by atoms with Gasteiger partial charge in [-0.05, 0) is 0 Å². The van der Waals surface area contributed by atoms with Crippen LogP contribution in [0.5, 0.6) is 0 Å². The Bertz CT molecular complexity index is 394. The van der Waals surface area contributed by atoms with Crippen molar-refractivity contribution in [2.75, 3.05) is 13.2 Å². The lowest BCUT2D eigenvalue weighted by Crippen LogP contribution is -2.63. The van der Waals surface area contributed by atoms with E-state index in [4.69, 9.17) is 24.1 Å². The third-order valence-corrected chi connectivity index (χ3v) is 4.23. The summed E-state index contributed by atoms with van der Waals surface area (Å²) in [5.41, 5.74) is 0. The summed E-state index contributed by atoms with van der Waals surface area (Å²) >= 11 is 0. The van der Waals surface area contributed by atoms with Crippen molar-refractivity contribution >= 4 is 0 Å². The van der Waals surface area contributed by atoms with Crippen LogP contribution >= 0.6 is 0 Å². The van der Waals surface area contributed by atoms with E-state index in [9.17, 15) is 25.5 Å². The molecule has 3 rings (SSSR count). The van der Waals surface area contributed by atoms with Gasteiger partial charge in [-0.3, -0.25) is 0 Å². The quantitative estimate of drug-likeness (QED) is 0.299. The van der Waals surface area contributed by atoms with E-state index in [2.05, 4.69) is 0 Å². The fourth-order valence-electron chi connectivity index (χ4n) is 2.94. The van der Waals surface area contributed by atoms with Crippen LogP contribution in [0, 0.1) is 0 Å². The molecule has 10 nitrogen and oxygen atoms in total. The third-order valence-electron chi connectivity index (χ3n) is 4.23. The maximum absolute atomic E-state index is 10.1. The molecule has 128 valence electrons. The summed E-state index contributed by atoms with van der Waals surface area (Å²) in [5, 5.41) is 58.4. The van der Waals surface area contributed by atoms with Crippen molar-refractivity contribution in [2.24, 2.45) is 0 Å². The van der Waals surface area contributed by atoms with Gasteiger partial charge in [0.05, 0.1) is 13.2 Å². The molecule has 3 aliphatic rings. The van der Waals surface area contributed by atoms with E-state index in [1.807, 2.05) is 0 Å². The smallest absolute Gasteiger partial charge is 0.187 e. The average molecular weight is 324 g/mol. The number of aliphatic hydroxyl groups excluding tert-OH is 6. The number of hydrogen-bond acceptors (Lipinski definition) is 10. The number of hydrogen-bond donors (Lipinski definition) is 6. The lowest BCUT2D eigenvalue weighted by Gasteiger charge is -2.43. The first-order chi connectivity index (χ1) is 10.4. The highest BCUT2D eigenvalue weighted by molar-refractivity contribution is 4.97. The average Bonchev–Trinajstić information content (AvgIpc) is 2.76. The van der Waals surface area contributed by atoms with Gasteiger partial charge in [0, 0.05) is 0 Å². The van der Waals surface area contributed by atoms with Crippen LogP contribution in [0.2, 0.25) is 0 Å². The van der Waals surface area contributed by atoms with Crippen molar-refractivity contribution in [3.05, 3.63) is 0 Å². The van der Waals surface area contributed by atoms with E-state index in [-0.39, 0.29) is 6.61 Å². The summed E-state index contributed by atoms with van der Waals surface area (Å²) in [5.74, 6) is 0. The second kappa shape index (κ2) is 6.24. The van der Waals surface area contributed by atoms with Gasteiger partial charge in [0.2, 0.25) is 0 Å². The highest BCUT2D eigenvalue weighted by Crippen LogP contribution is 2.32. The van der Waals surface area contributed by atoms with Gasteiger partial charge >= 0.3 is 0 Å². The summed E-state index contributed by atoms with van der Waals surface area (Å²) in [6.45, 7) is -0.504. The SMILES string of the molecule is OCC1O[C@@H](O)C(O)C(O[C@H]2OC3COC(C2O)[C@@H]3O)[C@H]1O.